The lowest BCUT2D eigenvalue weighted by Crippen LogP contribution is -2.49. The SMILES string of the molecule is O=C(N1CCCC(c2ncn[nH]2)C1)C1(Cc2cccc(F)c2)CCCCC1. The maximum Gasteiger partial charge on any atom is 0.229 e. The van der Waals surface area contributed by atoms with E-state index < -0.39 is 5.41 Å². The van der Waals surface area contributed by atoms with Crippen molar-refractivity contribution in [2.24, 2.45) is 5.41 Å². The maximum atomic E-state index is 13.7. The third-order valence-corrected chi connectivity index (χ3v) is 6.22. The summed E-state index contributed by atoms with van der Waals surface area (Å²) in [6.07, 6.45) is 9.27. The highest BCUT2D eigenvalue weighted by Crippen LogP contribution is 2.42. The summed E-state index contributed by atoms with van der Waals surface area (Å²) in [7, 11) is 0. The van der Waals surface area contributed by atoms with Gasteiger partial charge < -0.3 is 4.90 Å². The first-order valence-electron chi connectivity index (χ1n) is 10.1. The number of piperidine rings is 1. The largest absolute Gasteiger partial charge is 0.341 e. The predicted octanol–water partition coefficient (Wildman–Crippen LogP) is 3.84. The quantitative estimate of drug-likeness (QED) is 0.889. The van der Waals surface area contributed by atoms with Gasteiger partial charge in [0.15, 0.2) is 0 Å². The fraction of sp³-hybridized carbons (Fsp3) is 0.571. The molecule has 2 heterocycles. The van der Waals surface area contributed by atoms with Gasteiger partial charge in [-0.05, 0) is 49.8 Å². The average Bonchev–Trinajstić information content (AvgIpc) is 3.23. The summed E-state index contributed by atoms with van der Waals surface area (Å²) in [6.45, 7) is 1.49. The van der Waals surface area contributed by atoms with E-state index in [1.54, 1.807) is 12.1 Å². The monoisotopic (exact) mass is 370 g/mol. The number of amides is 1. The average molecular weight is 370 g/mol. The molecule has 1 aliphatic heterocycles. The van der Waals surface area contributed by atoms with Crippen LogP contribution in [0.2, 0.25) is 0 Å². The normalized spacial score (nSPS) is 22.6. The van der Waals surface area contributed by atoms with Gasteiger partial charge in [0, 0.05) is 19.0 Å². The fourth-order valence-electron chi connectivity index (χ4n) is 4.86. The molecule has 1 amide bonds. The van der Waals surface area contributed by atoms with Gasteiger partial charge in [0.1, 0.15) is 18.0 Å². The molecule has 1 aromatic heterocycles. The minimum Gasteiger partial charge on any atom is -0.341 e. The number of nitrogens with one attached hydrogen (secondary N) is 1. The van der Waals surface area contributed by atoms with E-state index in [-0.39, 0.29) is 17.6 Å². The molecule has 4 rings (SSSR count). The van der Waals surface area contributed by atoms with Gasteiger partial charge in [-0.3, -0.25) is 9.89 Å². The Morgan fingerprint density at radius 3 is 2.85 bits per heavy atom. The number of halogens is 1. The van der Waals surface area contributed by atoms with E-state index in [0.717, 1.165) is 56.5 Å². The predicted molar refractivity (Wildman–Crippen MR) is 101 cm³/mol. The Morgan fingerprint density at radius 1 is 1.26 bits per heavy atom. The van der Waals surface area contributed by atoms with Crippen LogP contribution >= 0.6 is 0 Å². The number of carbonyl (C=O) groups is 1. The number of benzene rings is 1. The van der Waals surface area contributed by atoms with Crippen molar-refractivity contribution in [1.29, 1.82) is 0 Å². The second-order valence-electron chi connectivity index (χ2n) is 8.11. The van der Waals surface area contributed by atoms with Crippen LogP contribution in [0, 0.1) is 11.2 Å². The maximum absolute atomic E-state index is 13.7. The number of carbonyl (C=O) groups excluding carboxylic acids is 1. The molecule has 27 heavy (non-hydrogen) atoms. The molecule has 2 aliphatic rings. The highest BCUT2D eigenvalue weighted by Gasteiger charge is 2.43. The molecule has 5 nitrogen and oxygen atoms in total. The molecule has 1 saturated carbocycles. The summed E-state index contributed by atoms with van der Waals surface area (Å²) in [6, 6.07) is 6.73. The first-order chi connectivity index (χ1) is 13.2. The van der Waals surface area contributed by atoms with Gasteiger partial charge in [0.25, 0.3) is 0 Å². The smallest absolute Gasteiger partial charge is 0.229 e. The van der Waals surface area contributed by atoms with Crippen molar-refractivity contribution in [2.45, 2.75) is 57.3 Å². The molecule has 1 N–H and O–H groups in total. The lowest BCUT2D eigenvalue weighted by Gasteiger charge is -2.42. The molecule has 2 aromatic rings. The molecule has 1 atom stereocenters. The highest BCUT2D eigenvalue weighted by atomic mass is 19.1. The minimum absolute atomic E-state index is 0.222. The number of aromatic amines is 1. The van der Waals surface area contributed by atoms with Crippen LogP contribution in [0.15, 0.2) is 30.6 Å². The molecule has 0 bridgehead atoms. The van der Waals surface area contributed by atoms with Crippen molar-refractivity contribution >= 4 is 5.91 Å². The standard InChI is InChI=1S/C21H27FN4O/c22-18-8-4-6-16(12-18)13-21(9-2-1-3-10-21)20(27)26-11-5-7-17(14-26)19-23-15-24-25-19/h4,6,8,12,15,17H,1-3,5,7,9-11,13-14H2,(H,23,24,25). The summed E-state index contributed by atoms with van der Waals surface area (Å²) in [4.78, 5) is 20.0. The van der Waals surface area contributed by atoms with Gasteiger partial charge in [0.2, 0.25) is 5.91 Å². The van der Waals surface area contributed by atoms with Crippen LogP contribution in [0.25, 0.3) is 0 Å². The molecule has 1 aliphatic carbocycles. The van der Waals surface area contributed by atoms with E-state index in [0.29, 0.717) is 13.0 Å². The van der Waals surface area contributed by atoms with Crippen molar-refractivity contribution in [3.8, 4) is 0 Å². The second-order valence-corrected chi connectivity index (χ2v) is 8.11. The van der Waals surface area contributed by atoms with Crippen molar-refractivity contribution in [3.05, 3.63) is 47.8 Å². The van der Waals surface area contributed by atoms with Crippen molar-refractivity contribution < 1.29 is 9.18 Å². The molecular weight excluding hydrogens is 343 g/mol. The van der Waals surface area contributed by atoms with Gasteiger partial charge in [-0.2, -0.15) is 5.10 Å². The summed E-state index contributed by atoms with van der Waals surface area (Å²) in [5.41, 5.74) is 0.532. The number of aromatic nitrogens is 3. The van der Waals surface area contributed by atoms with Crippen LogP contribution in [0.3, 0.4) is 0 Å². The van der Waals surface area contributed by atoms with Crippen molar-refractivity contribution in [2.75, 3.05) is 13.1 Å². The summed E-state index contributed by atoms with van der Waals surface area (Å²) < 4.78 is 13.7. The van der Waals surface area contributed by atoms with Gasteiger partial charge in [-0.25, -0.2) is 9.37 Å². The number of rotatable bonds is 4. The van der Waals surface area contributed by atoms with Gasteiger partial charge in [-0.15, -0.1) is 0 Å². The van der Waals surface area contributed by atoms with E-state index in [4.69, 9.17) is 0 Å². The highest BCUT2D eigenvalue weighted by molar-refractivity contribution is 5.83. The molecule has 1 saturated heterocycles. The lowest BCUT2D eigenvalue weighted by molar-refractivity contribution is -0.145. The Bertz CT molecular complexity index is 770. The van der Waals surface area contributed by atoms with Crippen LogP contribution in [-0.2, 0) is 11.2 Å². The number of likely N-dealkylation sites (tertiary alicyclic amines) is 1. The summed E-state index contributed by atoms with van der Waals surface area (Å²) in [5, 5.41) is 6.92. The molecule has 0 spiro atoms. The van der Waals surface area contributed by atoms with E-state index >= 15 is 0 Å². The van der Waals surface area contributed by atoms with Crippen LogP contribution < -0.4 is 0 Å². The first-order valence-corrected chi connectivity index (χ1v) is 10.1. The van der Waals surface area contributed by atoms with E-state index in [1.807, 2.05) is 11.0 Å². The van der Waals surface area contributed by atoms with Gasteiger partial charge in [-0.1, -0.05) is 31.4 Å². The molecule has 1 aromatic carbocycles. The van der Waals surface area contributed by atoms with Crippen LogP contribution in [0.4, 0.5) is 4.39 Å². The molecule has 2 fully saturated rings. The summed E-state index contributed by atoms with van der Waals surface area (Å²) in [5.74, 6) is 1.11. The third kappa shape index (κ3) is 3.89. The number of nitrogens with zero attached hydrogens (tertiary/aromatic N) is 3. The Kier molecular flexibility index (Phi) is 5.23. The van der Waals surface area contributed by atoms with E-state index in [9.17, 15) is 9.18 Å². The Hall–Kier alpha value is -2.24. The topological polar surface area (TPSA) is 61.9 Å². The Balaban J connectivity index is 1.55. The van der Waals surface area contributed by atoms with E-state index in [1.165, 1.54) is 18.8 Å². The lowest BCUT2D eigenvalue weighted by atomic mass is 9.69. The zero-order valence-electron chi connectivity index (χ0n) is 15.7. The summed E-state index contributed by atoms with van der Waals surface area (Å²) >= 11 is 0. The minimum atomic E-state index is -0.394. The van der Waals surface area contributed by atoms with E-state index in [2.05, 4.69) is 15.2 Å². The third-order valence-electron chi connectivity index (χ3n) is 6.22. The molecule has 6 heteroatoms. The second kappa shape index (κ2) is 7.79. The zero-order chi connectivity index (χ0) is 18.7. The van der Waals surface area contributed by atoms with Gasteiger partial charge >= 0.3 is 0 Å². The number of H-pyrrole nitrogens is 1. The fourth-order valence-corrected chi connectivity index (χ4v) is 4.86. The van der Waals surface area contributed by atoms with Crippen LogP contribution in [0.5, 0.6) is 0 Å². The zero-order valence-corrected chi connectivity index (χ0v) is 15.7. The molecular formula is C21H27FN4O. The first kappa shape index (κ1) is 18.1. The number of hydrogen-bond acceptors (Lipinski definition) is 3. The van der Waals surface area contributed by atoms with Crippen LogP contribution in [0.1, 0.15) is 62.3 Å². The number of hydrogen-bond donors (Lipinski definition) is 1. The Morgan fingerprint density at radius 2 is 2.11 bits per heavy atom. The van der Waals surface area contributed by atoms with Crippen molar-refractivity contribution in [3.63, 3.8) is 0 Å². The molecule has 144 valence electrons. The van der Waals surface area contributed by atoms with Gasteiger partial charge in [0.05, 0.1) is 5.41 Å². The Labute approximate surface area is 159 Å². The molecule has 0 radical (unpaired) electrons. The van der Waals surface area contributed by atoms with Crippen molar-refractivity contribution in [1.82, 2.24) is 20.1 Å². The molecule has 1 unspecified atom stereocenters. The van der Waals surface area contributed by atoms with Crippen LogP contribution in [-0.4, -0.2) is 39.1 Å².